The Labute approximate surface area is 120 Å². The van der Waals surface area contributed by atoms with Crippen molar-refractivity contribution in [1.29, 1.82) is 0 Å². The Kier molecular flexibility index (Phi) is 9.32. The first-order valence-electron chi connectivity index (χ1n) is 6.81. The van der Waals surface area contributed by atoms with Crippen LogP contribution in [0.3, 0.4) is 0 Å². The van der Waals surface area contributed by atoms with Gasteiger partial charge in [-0.25, -0.2) is 0 Å². The zero-order valence-electron chi connectivity index (χ0n) is 11.9. The van der Waals surface area contributed by atoms with Crippen LogP contribution in [0.1, 0.15) is 19.3 Å². The van der Waals surface area contributed by atoms with Gasteiger partial charge in [-0.1, -0.05) is 0 Å². The SMILES string of the molecule is CS(=O)(=O)OCCOCCOCCOC1CCCCO1. The molecular weight excluding hydrogens is 288 g/mol. The highest BCUT2D eigenvalue weighted by Gasteiger charge is 2.13. The Morgan fingerprint density at radius 2 is 1.65 bits per heavy atom. The second kappa shape index (κ2) is 10.5. The van der Waals surface area contributed by atoms with Crippen molar-refractivity contribution in [2.24, 2.45) is 0 Å². The lowest BCUT2D eigenvalue weighted by Crippen LogP contribution is -2.24. The first-order chi connectivity index (χ1) is 9.58. The molecule has 1 fully saturated rings. The van der Waals surface area contributed by atoms with Gasteiger partial charge in [-0.3, -0.25) is 4.18 Å². The first kappa shape index (κ1) is 17.8. The lowest BCUT2D eigenvalue weighted by Gasteiger charge is -2.22. The maximum absolute atomic E-state index is 10.6. The highest BCUT2D eigenvalue weighted by Crippen LogP contribution is 2.13. The minimum Gasteiger partial charge on any atom is -0.377 e. The molecule has 1 aliphatic rings. The van der Waals surface area contributed by atoms with Crippen LogP contribution >= 0.6 is 0 Å². The quantitative estimate of drug-likeness (QED) is 0.407. The summed E-state index contributed by atoms with van der Waals surface area (Å²) in [6, 6.07) is 0. The van der Waals surface area contributed by atoms with Gasteiger partial charge in [0.25, 0.3) is 10.1 Å². The van der Waals surface area contributed by atoms with Gasteiger partial charge < -0.3 is 18.9 Å². The Morgan fingerprint density at radius 3 is 2.25 bits per heavy atom. The molecule has 0 spiro atoms. The van der Waals surface area contributed by atoms with Crippen molar-refractivity contribution in [2.75, 3.05) is 52.5 Å². The second-order valence-electron chi connectivity index (χ2n) is 4.42. The number of hydrogen-bond acceptors (Lipinski definition) is 7. The standard InChI is InChI=1S/C12H24O7S/c1-20(13,14)19-11-9-16-7-6-15-8-10-18-12-4-2-3-5-17-12/h12H,2-11H2,1H3. The number of ether oxygens (including phenoxy) is 4. The fourth-order valence-electron chi connectivity index (χ4n) is 1.65. The van der Waals surface area contributed by atoms with Crippen molar-refractivity contribution in [3.63, 3.8) is 0 Å². The van der Waals surface area contributed by atoms with Gasteiger partial charge in [-0.05, 0) is 19.3 Å². The van der Waals surface area contributed by atoms with E-state index in [1.54, 1.807) is 0 Å². The van der Waals surface area contributed by atoms with Crippen LogP contribution in [0.4, 0.5) is 0 Å². The van der Waals surface area contributed by atoms with E-state index < -0.39 is 10.1 Å². The van der Waals surface area contributed by atoms with Gasteiger partial charge in [0.15, 0.2) is 6.29 Å². The predicted octanol–water partition coefficient (Wildman–Crippen LogP) is 0.539. The molecule has 1 heterocycles. The van der Waals surface area contributed by atoms with Crippen LogP contribution in [0.2, 0.25) is 0 Å². The predicted molar refractivity (Wildman–Crippen MR) is 72.0 cm³/mol. The monoisotopic (exact) mass is 312 g/mol. The van der Waals surface area contributed by atoms with Gasteiger partial charge in [0.2, 0.25) is 0 Å². The molecule has 7 nitrogen and oxygen atoms in total. The Balaban J connectivity index is 1.78. The van der Waals surface area contributed by atoms with Crippen molar-refractivity contribution < 1.29 is 31.5 Å². The maximum atomic E-state index is 10.6. The molecule has 1 unspecified atom stereocenters. The third-order valence-electron chi connectivity index (χ3n) is 2.57. The summed E-state index contributed by atoms with van der Waals surface area (Å²) in [7, 11) is -3.38. The van der Waals surface area contributed by atoms with E-state index in [9.17, 15) is 8.42 Å². The average Bonchev–Trinajstić information content (AvgIpc) is 2.41. The van der Waals surface area contributed by atoms with Gasteiger partial charge in [-0.15, -0.1) is 0 Å². The molecule has 0 radical (unpaired) electrons. The molecule has 1 atom stereocenters. The van der Waals surface area contributed by atoms with E-state index in [0.29, 0.717) is 26.4 Å². The van der Waals surface area contributed by atoms with Gasteiger partial charge >= 0.3 is 0 Å². The zero-order valence-corrected chi connectivity index (χ0v) is 12.7. The van der Waals surface area contributed by atoms with Crippen LogP contribution in [0.15, 0.2) is 0 Å². The first-order valence-corrected chi connectivity index (χ1v) is 8.63. The largest absolute Gasteiger partial charge is 0.377 e. The fraction of sp³-hybridized carbons (Fsp3) is 1.00. The van der Waals surface area contributed by atoms with E-state index in [1.165, 1.54) is 0 Å². The molecule has 0 N–H and O–H groups in total. The smallest absolute Gasteiger partial charge is 0.264 e. The van der Waals surface area contributed by atoms with Crippen molar-refractivity contribution in [3.8, 4) is 0 Å². The summed E-state index contributed by atoms with van der Waals surface area (Å²) in [5, 5.41) is 0. The topological polar surface area (TPSA) is 80.3 Å². The lowest BCUT2D eigenvalue weighted by molar-refractivity contribution is -0.169. The van der Waals surface area contributed by atoms with Crippen LogP contribution in [-0.2, 0) is 33.2 Å². The molecule has 1 saturated heterocycles. The van der Waals surface area contributed by atoms with Crippen molar-refractivity contribution in [1.82, 2.24) is 0 Å². The molecule has 0 aromatic heterocycles. The summed E-state index contributed by atoms with van der Waals surface area (Å²) in [5.74, 6) is 0. The summed E-state index contributed by atoms with van der Waals surface area (Å²) < 4.78 is 47.2. The molecule has 20 heavy (non-hydrogen) atoms. The molecule has 0 amide bonds. The van der Waals surface area contributed by atoms with Crippen molar-refractivity contribution in [3.05, 3.63) is 0 Å². The summed E-state index contributed by atoms with van der Waals surface area (Å²) in [5.41, 5.74) is 0. The fourth-order valence-corrected chi connectivity index (χ4v) is 2.02. The minimum absolute atomic E-state index is 0.0287. The van der Waals surface area contributed by atoms with Crippen LogP contribution in [0.5, 0.6) is 0 Å². The normalized spacial score (nSPS) is 20.1. The average molecular weight is 312 g/mol. The van der Waals surface area contributed by atoms with Gasteiger partial charge in [-0.2, -0.15) is 8.42 Å². The maximum Gasteiger partial charge on any atom is 0.264 e. The van der Waals surface area contributed by atoms with E-state index in [2.05, 4.69) is 4.18 Å². The van der Waals surface area contributed by atoms with Crippen LogP contribution < -0.4 is 0 Å². The third-order valence-corrected chi connectivity index (χ3v) is 3.16. The van der Waals surface area contributed by atoms with Gasteiger partial charge in [0, 0.05) is 6.61 Å². The summed E-state index contributed by atoms with van der Waals surface area (Å²) in [4.78, 5) is 0. The van der Waals surface area contributed by atoms with Gasteiger partial charge in [0.05, 0.1) is 45.9 Å². The highest BCUT2D eigenvalue weighted by molar-refractivity contribution is 7.85. The molecule has 1 rings (SSSR count). The second-order valence-corrected chi connectivity index (χ2v) is 6.06. The number of hydrogen-bond donors (Lipinski definition) is 0. The Bertz CT molecular complexity index is 325. The number of rotatable bonds is 11. The van der Waals surface area contributed by atoms with Crippen LogP contribution in [0.25, 0.3) is 0 Å². The van der Waals surface area contributed by atoms with Gasteiger partial charge in [0.1, 0.15) is 0 Å². The van der Waals surface area contributed by atoms with Crippen molar-refractivity contribution >= 4 is 10.1 Å². The molecule has 1 aliphatic heterocycles. The van der Waals surface area contributed by atoms with Crippen molar-refractivity contribution in [2.45, 2.75) is 25.6 Å². The van der Waals surface area contributed by atoms with E-state index >= 15 is 0 Å². The Morgan fingerprint density at radius 1 is 1.00 bits per heavy atom. The molecular formula is C12H24O7S. The van der Waals surface area contributed by atoms with E-state index in [1.807, 2.05) is 0 Å². The molecule has 0 bridgehead atoms. The third kappa shape index (κ3) is 10.5. The van der Waals surface area contributed by atoms with E-state index in [4.69, 9.17) is 18.9 Å². The Hall–Kier alpha value is -0.250. The summed E-state index contributed by atoms with van der Waals surface area (Å²) in [6.07, 6.45) is 4.12. The molecule has 120 valence electrons. The summed E-state index contributed by atoms with van der Waals surface area (Å²) >= 11 is 0. The van der Waals surface area contributed by atoms with Crippen LogP contribution in [0, 0.1) is 0 Å². The molecule has 0 aliphatic carbocycles. The molecule has 0 saturated carbocycles. The molecule has 8 heteroatoms. The van der Waals surface area contributed by atoms with E-state index in [0.717, 1.165) is 32.1 Å². The lowest BCUT2D eigenvalue weighted by atomic mass is 10.2. The zero-order chi connectivity index (χ0) is 14.7. The molecule has 0 aromatic carbocycles. The van der Waals surface area contributed by atoms with E-state index in [-0.39, 0.29) is 19.5 Å². The van der Waals surface area contributed by atoms with Crippen LogP contribution in [-0.4, -0.2) is 67.2 Å². The molecule has 0 aromatic rings. The minimum atomic E-state index is -3.38. The highest BCUT2D eigenvalue weighted by atomic mass is 32.2. The summed E-state index contributed by atoms with van der Waals surface area (Å²) in [6.45, 7) is 2.85.